The molecule has 148 valence electrons. The third-order valence-corrected chi connectivity index (χ3v) is 5.97. The number of benzene rings is 1. The molecule has 3 heterocycles. The molecule has 5 nitrogen and oxygen atoms in total. The molecule has 0 aliphatic heterocycles. The number of fused-ring (bicyclic) bond motifs is 1. The lowest BCUT2D eigenvalue weighted by Crippen LogP contribution is -2.06. The molecule has 0 unspecified atom stereocenters. The Morgan fingerprint density at radius 1 is 1.14 bits per heavy atom. The standard InChI is InChI=1S/C20H15Cl2FN4OS/c1-11-7-16(12(2)27(11)15-5-3-14(23)4-6-15)18(28)10-29-20-25-24-19-17(22)8-13(21)9-26(19)20/h3-9H,10H2,1-2H3. The molecule has 0 atom stereocenters. The summed E-state index contributed by atoms with van der Waals surface area (Å²) in [6.45, 7) is 3.79. The molecule has 9 heteroatoms. The van der Waals surface area contributed by atoms with Crippen LogP contribution in [0.4, 0.5) is 4.39 Å². The number of hydrogen-bond donors (Lipinski definition) is 0. The number of thioether (sulfide) groups is 1. The van der Waals surface area contributed by atoms with Crippen molar-refractivity contribution in [2.24, 2.45) is 0 Å². The molecular weight excluding hydrogens is 434 g/mol. The van der Waals surface area contributed by atoms with Gasteiger partial charge >= 0.3 is 0 Å². The van der Waals surface area contributed by atoms with Gasteiger partial charge in [0.05, 0.1) is 15.8 Å². The quantitative estimate of drug-likeness (QED) is 0.296. The maximum absolute atomic E-state index is 13.2. The van der Waals surface area contributed by atoms with Crippen LogP contribution in [0.3, 0.4) is 0 Å². The van der Waals surface area contributed by atoms with Crippen LogP contribution in [-0.4, -0.2) is 30.7 Å². The normalized spacial score (nSPS) is 11.3. The average Bonchev–Trinajstić information content (AvgIpc) is 3.21. The first kappa shape index (κ1) is 19.9. The van der Waals surface area contributed by atoms with Gasteiger partial charge in [0, 0.05) is 28.8 Å². The summed E-state index contributed by atoms with van der Waals surface area (Å²) in [6.07, 6.45) is 1.66. The molecule has 0 fully saturated rings. The Bertz CT molecular complexity index is 1230. The second kappa shape index (κ2) is 7.82. The fourth-order valence-corrected chi connectivity index (χ4v) is 4.54. The van der Waals surface area contributed by atoms with E-state index in [1.54, 1.807) is 28.8 Å². The van der Waals surface area contributed by atoms with Crippen molar-refractivity contribution in [3.05, 3.63) is 75.4 Å². The lowest BCUT2D eigenvalue weighted by molar-refractivity contribution is 0.102. The van der Waals surface area contributed by atoms with Gasteiger partial charge in [-0.3, -0.25) is 9.20 Å². The van der Waals surface area contributed by atoms with E-state index in [9.17, 15) is 9.18 Å². The number of Topliss-reactive ketones (excluding diaryl/α,β-unsaturated/α-hetero) is 1. The number of carbonyl (C=O) groups excluding carboxylic acids is 1. The summed E-state index contributed by atoms with van der Waals surface area (Å²) >= 11 is 13.5. The number of nitrogens with zero attached hydrogens (tertiary/aromatic N) is 4. The largest absolute Gasteiger partial charge is 0.318 e. The van der Waals surface area contributed by atoms with Crippen LogP contribution in [0.25, 0.3) is 11.3 Å². The Morgan fingerprint density at radius 2 is 1.86 bits per heavy atom. The summed E-state index contributed by atoms with van der Waals surface area (Å²) in [5.41, 5.74) is 3.61. The zero-order chi connectivity index (χ0) is 20.7. The van der Waals surface area contributed by atoms with Crippen molar-refractivity contribution in [2.75, 3.05) is 5.75 Å². The van der Waals surface area contributed by atoms with Crippen LogP contribution in [0, 0.1) is 19.7 Å². The van der Waals surface area contributed by atoms with Gasteiger partial charge in [0.1, 0.15) is 5.82 Å². The highest BCUT2D eigenvalue weighted by Gasteiger charge is 2.18. The van der Waals surface area contributed by atoms with Gasteiger partial charge in [-0.25, -0.2) is 4.39 Å². The zero-order valence-electron chi connectivity index (χ0n) is 15.5. The molecule has 1 aromatic carbocycles. The number of halogens is 3. The predicted molar refractivity (Wildman–Crippen MR) is 113 cm³/mol. The van der Waals surface area contributed by atoms with Gasteiger partial charge in [-0.05, 0) is 50.2 Å². The van der Waals surface area contributed by atoms with Crippen LogP contribution < -0.4 is 0 Å². The van der Waals surface area contributed by atoms with Crippen molar-refractivity contribution < 1.29 is 9.18 Å². The molecule has 4 rings (SSSR count). The average molecular weight is 449 g/mol. The SMILES string of the molecule is Cc1cc(C(=O)CSc2nnc3c(Cl)cc(Cl)cn23)c(C)n1-c1ccc(F)cc1. The minimum absolute atomic E-state index is 0.0404. The number of aromatic nitrogens is 4. The predicted octanol–water partition coefficient (Wildman–Crippen LogP) is 5.56. The van der Waals surface area contributed by atoms with Crippen molar-refractivity contribution in [1.82, 2.24) is 19.2 Å². The fraction of sp³-hybridized carbons (Fsp3) is 0.150. The first-order valence-corrected chi connectivity index (χ1v) is 10.4. The van der Waals surface area contributed by atoms with Crippen molar-refractivity contribution in [3.8, 4) is 5.69 Å². The highest BCUT2D eigenvalue weighted by Crippen LogP contribution is 2.27. The Kier molecular flexibility index (Phi) is 5.38. The van der Waals surface area contributed by atoms with E-state index in [0.717, 1.165) is 17.1 Å². The smallest absolute Gasteiger partial charge is 0.196 e. The molecular formula is C20H15Cl2FN4OS. The second-order valence-electron chi connectivity index (χ2n) is 6.49. The van der Waals surface area contributed by atoms with Gasteiger partial charge in [0.15, 0.2) is 16.6 Å². The second-order valence-corrected chi connectivity index (χ2v) is 8.28. The molecule has 0 saturated carbocycles. The lowest BCUT2D eigenvalue weighted by Gasteiger charge is -2.09. The Morgan fingerprint density at radius 3 is 2.59 bits per heavy atom. The minimum atomic E-state index is -0.301. The molecule has 0 aliphatic rings. The van der Waals surface area contributed by atoms with Crippen LogP contribution in [0.5, 0.6) is 0 Å². The Hall–Kier alpha value is -2.35. The van der Waals surface area contributed by atoms with E-state index in [4.69, 9.17) is 23.2 Å². The van der Waals surface area contributed by atoms with Crippen molar-refractivity contribution in [3.63, 3.8) is 0 Å². The Balaban J connectivity index is 1.58. The highest BCUT2D eigenvalue weighted by molar-refractivity contribution is 7.99. The van der Waals surface area contributed by atoms with E-state index >= 15 is 0 Å². The van der Waals surface area contributed by atoms with Crippen molar-refractivity contribution >= 4 is 46.4 Å². The molecule has 3 aromatic heterocycles. The first-order valence-electron chi connectivity index (χ1n) is 8.66. The number of ketones is 1. The van der Waals surface area contributed by atoms with Crippen LogP contribution in [0.2, 0.25) is 10.0 Å². The molecule has 0 bridgehead atoms. The molecule has 0 N–H and O–H groups in total. The Labute approximate surface area is 180 Å². The maximum Gasteiger partial charge on any atom is 0.196 e. The molecule has 0 aliphatic carbocycles. The van der Waals surface area contributed by atoms with Gasteiger partial charge in [0.25, 0.3) is 0 Å². The lowest BCUT2D eigenvalue weighted by atomic mass is 10.2. The van der Waals surface area contributed by atoms with E-state index in [-0.39, 0.29) is 17.4 Å². The third-order valence-electron chi connectivity index (χ3n) is 4.54. The number of aryl methyl sites for hydroxylation is 1. The van der Waals surface area contributed by atoms with E-state index in [1.165, 1.54) is 23.9 Å². The zero-order valence-corrected chi connectivity index (χ0v) is 17.8. The third kappa shape index (κ3) is 3.77. The first-order chi connectivity index (χ1) is 13.8. The molecule has 0 amide bonds. The molecule has 29 heavy (non-hydrogen) atoms. The monoisotopic (exact) mass is 448 g/mol. The van der Waals surface area contributed by atoms with Gasteiger partial charge in [-0.15, -0.1) is 10.2 Å². The number of rotatable bonds is 5. The van der Waals surface area contributed by atoms with Crippen LogP contribution in [0.1, 0.15) is 21.7 Å². The van der Waals surface area contributed by atoms with Gasteiger partial charge in [0.2, 0.25) is 0 Å². The number of hydrogen-bond acceptors (Lipinski definition) is 4. The minimum Gasteiger partial charge on any atom is -0.318 e. The summed E-state index contributed by atoms with van der Waals surface area (Å²) < 4.78 is 16.8. The van der Waals surface area contributed by atoms with Gasteiger partial charge in [-0.2, -0.15) is 0 Å². The molecule has 0 saturated heterocycles. The fourth-order valence-electron chi connectivity index (χ4n) is 3.24. The van der Waals surface area contributed by atoms with Crippen LogP contribution >= 0.6 is 35.0 Å². The highest BCUT2D eigenvalue weighted by atomic mass is 35.5. The maximum atomic E-state index is 13.2. The summed E-state index contributed by atoms with van der Waals surface area (Å²) in [4.78, 5) is 12.9. The number of pyridine rings is 1. The van der Waals surface area contributed by atoms with Crippen molar-refractivity contribution in [2.45, 2.75) is 19.0 Å². The summed E-state index contributed by atoms with van der Waals surface area (Å²) in [6, 6.07) is 9.62. The van der Waals surface area contributed by atoms with E-state index in [0.29, 0.717) is 26.4 Å². The number of carbonyl (C=O) groups is 1. The van der Waals surface area contributed by atoms with Gasteiger partial charge in [-0.1, -0.05) is 35.0 Å². The van der Waals surface area contributed by atoms with Crippen molar-refractivity contribution in [1.29, 1.82) is 0 Å². The summed E-state index contributed by atoms with van der Waals surface area (Å²) in [5.74, 6) is -0.162. The van der Waals surface area contributed by atoms with Gasteiger partial charge < -0.3 is 4.57 Å². The van der Waals surface area contributed by atoms with E-state index in [2.05, 4.69) is 10.2 Å². The van der Waals surface area contributed by atoms with E-state index in [1.807, 2.05) is 24.5 Å². The van der Waals surface area contributed by atoms with Crippen LogP contribution in [0.15, 0.2) is 47.8 Å². The van der Waals surface area contributed by atoms with Crippen LogP contribution in [-0.2, 0) is 0 Å². The molecule has 0 spiro atoms. The summed E-state index contributed by atoms with van der Waals surface area (Å²) in [7, 11) is 0. The summed E-state index contributed by atoms with van der Waals surface area (Å²) in [5, 5.41) is 9.54. The molecule has 4 aromatic rings. The van der Waals surface area contributed by atoms with E-state index < -0.39 is 0 Å². The molecule has 0 radical (unpaired) electrons. The topological polar surface area (TPSA) is 52.2 Å².